The number of aromatic nitrogens is 2. The van der Waals surface area contributed by atoms with Crippen LogP contribution in [0.25, 0.3) is 22.5 Å². The van der Waals surface area contributed by atoms with Gasteiger partial charge < -0.3 is 10.2 Å². The minimum absolute atomic E-state index is 0.250. The van der Waals surface area contributed by atoms with E-state index in [9.17, 15) is 10.2 Å². The quantitative estimate of drug-likeness (QED) is 0.762. The molecule has 0 bridgehead atoms. The lowest BCUT2D eigenvalue weighted by Gasteiger charge is -2.07. The van der Waals surface area contributed by atoms with Crippen LogP contribution in [0.1, 0.15) is 18.9 Å². The van der Waals surface area contributed by atoms with Crippen LogP contribution in [0.15, 0.2) is 48.5 Å². The van der Waals surface area contributed by atoms with Gasteiger partial charge in [-0.05, 0) is 55.0 Å². The van der Waals surface area contributed by atoms with Crippen molar-refractivity contribution in [1.82, 2.24) is 9.78 Å². The minimum Gasteiger partial charge on any atom is -0.508 e. The van der Waals surface area contributed by atoms with Crippen molar-refractivity contribution in [3.63, 3.8) is 0 Å². The smallest absolute Gasteiger partial charge is 0.115 e. The summed E-state index contributed by atoms with van der Waals surface area (Å²) >= 11 is 0. The van der Waals surface area contributed by atoms with Crippen molar-refractivity contribution in [1.29, 1.82) is 0 Å². The lowest BCUT2D eigenvalue weighted by molar-refractivity contribution is 0.475. The molecule has 23 heavy (non-hydrogen) atoms. The summed E-state index contributed by atoms with van der Waals surface area (Å²) in [6.45, 7) is 2.15. The summed E-state index contributed by atoms with van der Waals surface area (Å²) in [5.41, 5.74) is 5.22. The van der Waals surface area contributed by atoms with Crippen LogP contribution in [-0.2, 0) is 13.5 Å². The van der Waals surface area contributed by atoms with Gasteiger partial charge in [0.1, 0.15) is 11.5 Å². The first-order valence-electron chi connectivity index (χ1n) is 7.75. The van der Waals surface area contributed by atoms with Gasteiger partial charge in [0.05, 0.1) is 11.4 Å². The predicted molar refractivity (Wildman–Crippen MR) is 91.4 cm³/mol. The maximum atomic E-state index is 9.51. The molecular formula is C19H20N2O2. The predicted octanol–water partition coefficient (Wildman–Crippen LogP) is 4.12. The minimum atomic E-state index is 0.250. The molecule has 2 N–H and O–H groups in total. The fourth-order valence-electron chi connectivity index (χ4n) is 2.89. The van der Waals surface area contributed by atoms with Gasteiger partial charge >= 0.3 is 0 Å². The Morgan fingerprint density at radius 2 is 1.39 bits per heavy atom. The summed E-state index contributed by atoms with van der Waals surface area (Å²) in [7, 11) is 1.94. The van der Waals surface area contributed by atoms with Crippen LogP contribution in [-0.4, -0.2) is 20.0 Å². The monoisotopic (exact) mass is 308 g/mol. The van der Waals surface area contributed by atoms with Gasteiger partial charge in [0.25, 0.3) is 0 Å². The summed E-state index contributed by atoms with van der Waals surface area (Å²) in [4.78, 5) is 0. The molecule has 0 aliphatic heterocycles. The van der Waals surface area contributed by atoms with E-state index in [1.165, 1.54) is 5.56 Å². The van der Waals surface area contributed by atoms with Gasteiger partial charge in [-0.2, -0.15) is 5.10 Å². The van der Waals surface area contributed by atoms with Crippen LogP contribution in [0.5, 0.6) is 11.5 Å². The number of benzene rings is 2. The van der Waals surface area contributed by atoms with E-state index in [0.29, 0.717) is 0 Å². The van der Waals surface area contributed by atoms with E-state index in [2.05, 4.69) is 6.92 Å². The summed E-state index contributed by atoms with van der Waals surface area (Å²) < 4.78 is 1.89. The van der Waals surface area contributed by atoms with Gasteiger partial charge in [-0.1, -0.05) is 13.3 Å². The van der Waals surface area contributed by atoms with E-state index in [1.807, 2.05) is 36.0 Å². The Morgan fingerprint density at radius 3 is 1.91 bits per heavy atom. The molecule has 2 aromatic carbocycles. The second-order valence-electron chi connectivity index (χ2n) is 5.64. The highest BCUT2D eigenvalue weighted by Crippen LogP contribution is 2.34. The summed E-state index contributed by atoms with van der Waals surface area (Å²) in [6.07, 6.45) is 1.93. The summed E-state index contributed by atoms with van der Waals surface area (Å²) in [6, 6.07) is 14.3. The molecule has 1 aromatic heterocycles. The molecule has 0 amide bonds. The molecule has 3 aromatic rings. The average molecular weight is 308 g/mol. The van der Waals surface area contributed by atoms with Crippen molar-refractivity contribution >= 4 is 0 Å². The van der Waals surface area contributed by atoms with Gasteiger partial charge in [-0.15, -0.1) is 0 Å². The third-order valence-electron chi connectivity index (χ3n) is 3.93. The molecular weight excluding hydrogens is 288 g/mol. The van der Waals surface area contributed by atoms with Crippen molar-refractivity contribution in [2.24, 2.45) is 7.05 Å². The number of nitrogens with zero attached hydrogens (tertiary/aromatic N) is 2. The number of phenols is 2. The summed E-state index contributed by atoms with van der Waals surface area (Å²) in [5, 5.41) is 23.7. The van der Waals surface area contributed by atoms with E-state index in [1.54, 1.807) is 24.3 Å². The van der Waals surface area contributed by atoms with Crippen LogP contribution in [0.2, 0.25) is 0 Å². The molecule has 4 heteroatoms. The molecule has 4 nitrogen and oxygen atoms in total. The number of hydrogen-bond acceptors (Lipinski definition) is 3. The lowest BCUT2D eigenvalue weighted by Crippen LogP contribution is -1.95. The Balaban J connectivity index is 2.16. The molecule has 0 saturated carbocycles. The van der Waals surface area contributed by atoms with E-state index in [-0.39, 0.29) is 11.5 Å². The fraction of sp³-hybridized carbons (Fsp3) is 0.211. The Hall–Kier alpha value is -2.75. The van der Waals surface area contributed by atoms with Gasteiger partial charge in [-0.3, -0.25) is 4.68 Å². The van der Waals surface area contributed by atoms with Crippen molar-refractivity contribution in [2.75, 3.05) is 0 Å². The van der Waals surface area contributed by atoms with Gasteiger partial charge in [0.15, 0.2) is 0 Å². The van der Waals surface area contributed by atoms with Crippen LogP contribution < -0.4 is 0 Å². The van der Waals surface area contributed by atoms with Gasteiger partial charge in [0, 0.05) is 23.7 Å². The highest BCUT2D eigenvalue weighted by atomic mass is 16.3. The van der Waals surface area contributed by atoms with E-state index >= 15 is 0 Å². The van der Waals surface area contributed by atoms with E-state index in [0.717, 1.165) is 35.4 Å². The van der Waals surface area contributed by atoms with Crippen molar-refractivity contribution < 1.29 is 10.2 Å². The average Bonchev–Trinajstić information content (AvgIpc) is 2.86. The Bertz CT molecular complexity index is 803. The second kappa shape index (κ2) is 6.16. The van der Waals surface area contributed by atoms with Gasteiger partial charge in [-0.25, -0.2) is 0 Å². The zero-order valence-electron chi connectivity index (χ0n) is 13.3. The molecule has 0 fully saturated rings. The van der Waals surface area contributed by atoms with Crippen LogP contribution >= 0.6 is 0 Å². The molecule has 3 rings (SSSR count). The molecule has 0 aliphatic carbocycles. The Labute approximate surface area is 135 Å². The standard InChI is InChI=1S/C19H20N2O2/c1-3-4-17-18(13-5-9-15(22)10-6-13)20-21(2)19(17)14-7-11-16(23)12-8-14/h5-12,22-23H,3-4H2,1-2H3. The van der Waals surface area contributed by atoms with Crippen LogP contribution in [0, 0.1) is 0 Å². The third-order valence-corrected chi connectivity index (χ3v) is 3.93. The first kappa shape index (κ1) is 15.2. The largest absolute Gasteiger partial charge is 0.508 e. The SMILES string of the molecule is CCCc1c(-c2ccc(O)cc2)nn(C)c1-c1ccc(O)cc1. The van der Waals surface area contributed by atoms with Crippen molar-refractivity contribution in [3.8, 4) is 34.0 Å². The van der Waals surface area contributed by atoms with Crippen molar-refractivity contribution in [2.45, 2.75) is 19.8 Å². The first-order valence-corrected chi connectivity index (χ1v) is 7.75. The molecule has 0 atom stereocenters. The Kier molecular flexibility index (Phi) is 4.06. The molecule has 0 aliphatic rings. The number of hydrogen-bond donors (Lipinski definition) is 2. The van der Waals surface area contributed by atoms with Crippen molar-refractivity contribution in [3.05, 3.63) is 54.1 Å². The molecule has 0 saturated heterocycles. The highest BCUT2D eigenvalue weighted by molar-refractivity contribution is 5.75. The highest BCUT2D eigenvalue weighted by Gasteiger charge is 2.18. The first-order chi connectivity index (χ1) is 11.1. The van der Waals surface area contributed by atoms with E-state index < -0.39 is 0 Å². The Morgan fingerprint density at radius 1 is 0.870 bits per heavy atom. The maximum Gasteiger partial charge on any atom is 0.115 e. The number of rotatable bonds is 4. The summed E-state index contributed by atoms with van der Waals surface area (Å²) in [5.74, 6) is 0.507. The zero-order valence-corrected chi connectivity index (χ0v) is 13.3. The maximum absolute atomic E-state index is 9.51. The molecule has 0 unspecified atom stereocenters. The number of aromatic hydroxyl groups is 2. The van der Waals surface area contributed by atoms with Gasteiger partial charge in [0.2, 0.25) is 0 Å². The normalized spacial score (nSPS) is 10.9. The van der Waals surface area contributed by atoms with Crippen LogP contribution in [0.4, 0.5) is 0 Å². The number of phenolic OH excluding ortho intramolecular Hbond substituents is 2. The molecule has 0 spiro atoms. The topological polar surface area (TPSA) is 58.3 Å². The number of aryl methyl sites for hydroxylation is 1. The van der Waals surface area contributed by atoms with E-state index in [4.69, 9.17) is 5.10 Å². The third kappa shape index (κ3) is 2.93. The van der Waals surface area contributed by atoms with Crippen LogP contribution in [0.3, 0.4) is 0 Å². The zero-order chi connectivity index (χ0) is 16.4. The fourth-order valence-corrected chi connectivity index (χ4v) is 2.89. The second-order valence-corrected chi connectivity index (χ2v) is 5.64. The molecule has 1 heterocycles. The lowest BCUT2D eigenvalue weighted by atomic mass is 9.98. The molecule has 0 radical (unpaired) electrons. The molecule has 118 valence electrons.